The van der Waals surface area contributed by atoms with E-state index in [4.69, 9.17) is 23.2 Å². The molecule has 0 nitrogen and oxygen atoms in total. The fourth-order valence-electron chi connectivity index (χ4n) is 0.768. The Kier molecular flexibility index (Phi) is 3.81. The molecule has 1 rings (SSSR count). The highest BCUT2D eigenvalue weighted by atomic mass is 35.5. The Hall–Kier alpha value is -0.290. The van der Waals surface area contributed by atoms with Gasteiger partial charge in [-0.05, 0) is 18.2 Å². The summed E-state index contributed by atoms with van der Waals surface area (Å²) in [6, 6.07) is 5.21. The maximum atomic E-state index is 5.76. The zero-order valence-corrected chi connectivity index (χ0v) is 8.55. The normalized spacial score (nSPS) is 8.92. The summed E-state index contributed by atoms with van der Waals surface area (Å²) < 4.78 is 0. The van der Waals surface area contributed by atoms with Crippen LogP contribution in [0.2, 0.25) is 10.0 Å². The van der Waals surface area contributed by atoms with Crippen molar-refractivity contribution in [3.63, 3.8) is 0 Å². The van der Waals surface area contributed by atoms with Gasteiger partial charge < -0.3 is 0 Å². The Labute approximate surface area is 87.3 Å². The van der Waals surface area contributed by atoms with Gasteiger partial charge in [-0.2, -0.15) is 12.6 Å². The number of hydrogen-bond donors (Lipinski definition) is 1. The highest BCUT2D eigenvalue weighted by Crippen LogP contribution is 2.18. The molecule has 0 radical (unpaired) electrons. The van der Waals surface area contributed by atoms with Crippen LogP contribution in [0, 0.1) is 11.8 Å². The molecule has 0 atom stereocenters. The van der Waals surface area contributed by atoms with Gasteiger partial charge in [0.2, 0.25) is 0 Å². The first-order valence-electron chi connectivity index (χ1n) is 3.28. The lowest BCUT2D eigenvalue weighted by Gasteiger charge is -1.93. The fourth-order valence-corrected chi connectivity index (χ4v) is 1.37. The van der Waals surface area contributed by atoms with E-state index in [0.29, 0.717) is 15.8 Å². The van der Waals surface area contributed by atoms with Crippen molar-refractivity contribution in [3.8, 4) is 11.8 Å². The van der Waals surface area contributed by atoms with Gasteiger partial charge >= 0.3 is 0 Å². The van der Waals surface area contributed by atoms with E-state index in [1.165, 1.54) is 0 Å². The van der Waals surface area contributed by atoms with Gasteiger partial charge in [0.05, 0.1) is 5.75 Å². The molecule has 0 saturated heterocycles. The summed E-state index contributed by atoms with van der Waals surface area (Å²) in [5.41, 5.74) is 0.821. The molecule has 1 aromatic rings. The summed E-state index contributed by atoms with van der Waals surface area (Å²) in [6.07, 6.45) is 0. The molecule has 0 heterocycles. The van der Waals surface area contributed by atoms with Crippen molar-refractivity contribution in [1.82, 2.24) is 0 Å². The lowest BCUT2D eigenvalue weighted by atomic mass is 10.2. The smallest absolute Gasteiger partial charge is 0.0521 e. The Morgan fingerprint density at radius 3 is 2.25 bits per heavy atom. The van der Waals surface area contributed by atoms with Crippen molar-refractivity contribution in [1.29, 1.82) is 0 Å². The minimum absolute atomic E-state index is 0.532. The first-order chi connectivity index (χ1) is 5.72. The predicted molar refractivity (Wildman–Crippen MR) is 57.2 cm³/mol. The first kappa shape index (κ1) is 9.80. The highest BCUT2D eigenvalue weighted by molar-refractivity contribution is 7.80. The third kappa shape index (κ3) is 2.98. The zero-order chi connectivity index (χ0) is 8.97. The summed E-state index contributed by atoms with van der Waals surface area (Å²) in [7, 11) is 0. The van der Waals surface area contributed by atoms with Crippen molar-refractivity contribution < 1.29 is 0 Å². The van der Waals surface area contributed by atoms with Gasteiger partial charge in [-0.25, -0.2) is 0 Å². The molecule has 3 heteroatoms. The van der Waals surface area contributed by atoms with E-state index in [2.05, 4.69) is 24.5 Å². The van der Waals surface area contributed by atoms with Gasteiger partial charge in [0.25, 0.3) is 0 Å². The minimum Gasteiger partial charge on any atom is -0.166 e. The quantitative estimate of drug-likeness (QED) is 0.500. The van der Waals surface area contributed by atoms with Crippen LogP contribution in [0.15, 0.2) is 18.2 Å². The monoisotopic (exact) mass is 216 g/mol. The van der Waals surface area contributed by atoms with E-state index in [1.807, 2.05) is 0 Å². The summed E-state index contributed by atoms with van der Waals surface area (Å²) >= 11 is 15.5. The fraction of sp³-hybridized carbons (Fsp3) is 0.111. The van der Waals surface area contributed by atoms with Crippen LogP contribution in [0.25, 0.3) is 0 Å². The molecule has 0 amide bonds. The Balaban J connectivity index is 3.01. The topological polar surface area (TPSA) is 0 Å². The molecule has 12 heavy (non-hydrogen) atoms. The second kappa shape index (κ2) is 4.67. The van der Waals surface area contributed by atoms with Crippen LogP contribution in [-0.4, -0.2) is 5.75 Å². The van der Waals surface area contributed by atoms with E-state index < -0.39 is 0 Å². The molecule has 0 spiro atoms. The molecular formula is C9H6Cl2S. The second-order valence-electron chi connectivity index (χ2n) is 2.12. The van der Waals surface area contributed by atoms with E-state index in [1.54, 1.807) is 18.2 Å². The summed E-state index contributed by atoms with van der Waals surface area (Å²) in [4.78, 5) is 0. The summed E-state index contributed by atoms with van der Waals surface area (Å²) in [5.74, 6) is 6.23. The Morgan fingerprint density at radius 1 is 1.17 bits per heavy atom. The van der Waals surface area contributed by atoms with Crippen molar-refractivity contribution in [2.24, 2.45) is 0 Å². The van der Waals surface area contributed by atoms with E-state index in [0.717, 1.165) is 5.56 Å². The summed E-state index contributed by atoms with van der Waals surface area (Å²) in [6.45, 7) is 0. The molecular weight excluding hydrogens is 211 g/mol. The van der Waals surface area contributed by atoms with Crippen LogP contribution in [0.4, 0.5) is 0 Å². The Bertz CT molecular complexity index is 316. The number of halogens is 2. The summed E-state index contributed by atoms with van der Waals surface area (Å²) in [5, 5.41) is 1.21. The molecule has 0 saturated carbocycles. The van der Waals surface area contributed by atoms with E-state index >= 15 is 0 Å². The molecule has 0 aliphatic carbocycles. The number of rotatable bonds is 0. The van der Waals surface area contributed by atoms with Gasteiger partial charge in [-0.15, -0.1) is 0 Å². The average Bonchev–Trinajstić information content (AvgIpc) is 1.99. The van der Waals surface area contributed by atoms with Crippen LogP contribution in [-0.2, 0) is 0 Å². The molecule has 0 aliphatic rings. The standard InChI is InChI=1S/C9H6Cl2S/c10-8-4-7(2-1-3-12)5-9(11)6-8/h4-6,12H,3H2. The van der Waals surface area contributed by atoms with Crippen molar-refractivity contribution in [2.45, 2.75) is 0 Å². The lowest BCUT2D eigenvalue weighted by molar-refractivity contribution is 1.64. The number of benzene rings is 1. The van der Waals surface area contributed by atoms with E-state index in [9.17, 15) is 0 Å². The second-order valence-corrected chi connectivity index (χ2v) is 3.31. The molecule has 0 N–H and O–H groups in total. The van der Waals surface area contributed by atoms with E-state index in [-0.39, 0.29) is 0 Å². The highest BCUT2D eigenvalue weighted by Gasteiger charge is 1.93. The third-order valence-corrected chi connectivity index (χ3v) is 1.77. The van der Waals surface area contributed by atoms with Crippen LogP contribution in [0.1, 0.15) is 5.56 Å². The first-order valence-corrected chi connectivity index (χ1v) is 4.67. The lowest BCUT2D eigenvalue weighted by Crippen LogP contribution is -1.75. The SMILES string of the molecule is SCC#Cc1cc(Cl)cc(Cl)c1. The van der Waals surface area contributed by atoms with Crippen molar-refractivity contribution >= 4 is 35.8 Å². The Morgan fingerprint density at radius 2 is 1.75 bits per heavy atom. The number of hydrogen-bond acceptors (Lipinski definition) is 1. The predicted octanol–water partition coefficient (Wildman–Crippen LogP) is 3.27. The van der Waals surface area contributed by atoms with Gasteiger partial charge in [0.1, 0.15) is 0 Å². The van der Waals surface area contributed by atoms with Crippen molar-refractivity contribution in [3.05, 3.63) is 33.8 Å². The molecule has 62 valence electrons. The molecule has 0 fully saturated rings. The molecule has 1 aromatic carbocycles. The number of thiol groups is 1. The molecule has 0 aliphatic heterocycles. The maximum Gasteiger partial charge on any atom is 0.0521 e. The van der Waals surface area contributed by atoms with Gasteiger partial charge in [0, 0.05) is 15.6 Å². The van der Waals surface area contributed by atoms with Crippen LogP contribution < -0.4 is 0 Å². The maximum absolute atomic E-state index is 5.76. The van der Waals surface area contributed by atoms with Gasteiger partial charge in [-0.1, -0.05) is 35.0 Å². The molecule has 0 bridgehead atoms. The van der Waals surface area contributed by atoms with Gasteiger partial charge in [0.15, 0.2) is 0 Å². The zero-order valence-electron chi connectivity index (χ0n) is 6.14. The molecule has 0 aromatic heterocycles. The largest absolute Gasteiger partial charge is 0.166 e. The van der Waals surface area contributed by atoms with Crippen LogP contribution >= 0.6 is 35.8 Å². The van der Waals surface area contributed by atoms with Crippen molar-refractivity contribution in [2.75, 3.05) is 5.75 Å². The molecule has 0 unspecified atom stereocenters. The van der Waals surface area contributed by atoms with Gasteiger partial charge in [-0.3, -0.25) is 0 Å². The third-order valence-electron chi connectivity index (χ3n) is 1.17. The minimum atomic E-state index is 0.532. The average molecular weight is 217 g/mol. The van der Waals surface area contributed by atoms with Crippen LogP contribution in [0.3, 0.4) is 0 Å². The van der Waals surface area contributed by atoms with Crippen LogP contribution in [0.5, 0.6) is 0 Å².